The second-order valence-corrected chi connectivity index (χ2v) is 7.38. The summed E-state index contributed by atoms with van der Waals surface area (Å²) in [7, 11) is 0. The minimum Gasteiger partial charge on any atom is -0.477 e. The largest absolute Gasteiger partial charge is 0.477 e. The van der Waals surface area contributed by atoms with Gasteiger partial charge in [-0.15, -0.1) is 11.3 Å². The topological polar surface area (TPSA) is 85.2 Å². The van der Waals surface area contributed by atoms with Crippen LogP contribution in [0.4, 0.5) is 0 Å². The first-order valence-corrected chi connectivity index (χ1v) is 9.72. The van der Waals surface area contributed by atoms with E-state index in [2.05, 4.69) is 21.0 Å². The summed E-state index contributed by atoms with van der Waals surface area (Å²) in [6.45, 7) is 2.34. The van der Waals surface area contributed by atoms with Crippen LogP contribution in [0.1, 0.15) is 21.2 Å². The Hall–Kier alpha value is -3.58. The lowest BCUT2D eigenvalue weighted by atomic mass is 10.0. The summed E-state index contributed by atoms with van der Waals surface area (Å²) >= 11 is 1.58. The van der Waals surface area contributed by atoms with Crippen LogP contribution in [-0.2, 0) is 6.61 Å². The third kappa shape index (κ3) is 4.30. The number of aryl methyl sites for hydroxylation is 1. The monoisotopic (exact) mass is 403 g/mol. The molecule has 3 heterocycles. The smallest absolute Gasteiger partial charge is 0.354 e. The van der Waals surface area contributed by atoms with Gasteiger partial charge in [0.15, 0.2) is 0 Å². The van der Waals surface area contributed by atoms with E-state index < -0.39 is 5.97 Å². The first-order chi connectivity index (χ1) is 14.1. The summed E-state index contributed by atoms with van der Waals surface area (Å²) in [5, 5.41) is 9.88. The number of rotatable bonds is 6. The number of nitrogens with zero attached hydrogens (tertiary/aromatic N) is 3. The molecule has 7 heteroatoms. The lowest BCUT2D eigenvalue weighted by molar-refractivity contribution is 0.0690. The number of benzene rings is 1. The fourth-order valence-corrected chi connectivity index (χ4v) is 3.86. The van der Waals surface area contributed by atoms with Gasteiger partial charge in [-0.1, -0.05) is 30.3 Å². The first kappa shape index (κ1) is 18.8. The Morgan fingerprint density at radius 1 is 1.03 bits per heavy atom. The highest BCUT2D eigenvalue weighted by atomic mass is 32.1. The molecule has 0 fully saturated rings. The van der Waals surface area contributed by atoms with Gasteiger partial charge in [0.05, 0.1) is 10.6 Å². The summed E-state index contributed by atoms with van der Waals surface area (Å²) in [5.74, 6) is -0.466. The molecule has 0 aliphatic rings. The van der Waals surface area contributed by atoms with Crippen molar-refractivity contribution in [1.29, 1.82) is 0 Å². The Morgan fingerprint density at radius 2 is 1.90 bits per heavy atom. The molecular weight excluding hydrogens is 386 g/mol. The highest BCUT2D eigenvalue weighted by molar-refractivity contribution is 7.15. The summed E-state index contributed by atoms with van der Waals surface area (Å²) in [6, 6.07) is 16.8. The molecule has 4 rings (SSSR count). The van der Waals surface area contributed by atoms with Gasteiger partial charge >= 0.3 is 5.97 Å². The molecule has 0 bridgehead atoms. The van der Waals surface area contributed by atoms with E-state index in [1.807, 2.05) is 43.3 Å². The number of thiazole rings is 1. The molecule has 0 amide bonds. The summed E-state index contributed by atoms with van der Waals surface area (Å²) in [4.78, 5) is 24.8. The van der Waals surface area contributed by atoms with E-state index in [4.69, 9.17) is 9.84 Å². The van der Waals surface area contributed by atoms with E-state index in [0.29, 0.717) is 12.5 Å². The maximum atomic E-state index is 11.0. The number of carboxylic acid groups (broad SMARTS) is 1. The van der Waals surface area contributed by atoms with E-state index in [9.17, 15) is 4.79 Å². The number of aromatic carboxylic acids is 1. The lowest BCUT2D eigenvalue weighted by Crippen LogP contribution is -1.99. The van der Waals surface area contributed by atoms with Crippen molar-refractivity contribution in [1.82, 2.24) is 15.0 Å². The van der Waals surface area contributed by atoms with E-state index in [0.717, 1.165) is 32.3 Å². The van der Waals surface area contributed by atoms with Crippen molar-refractivity contribution < 1.29 is 14.6 Å². The third-order valence-electron chi connectivity index (χ3n) is 4.26. The fraction of sp³-hybridized carbons (Fsp3) is 0.0909. The Kier molecular flexibility index (Phi) is 5.31. The zero-order valence-electron chi connectivity index (χ0n) is 15.6. The van der Waals surface area contributed by atoms with Crippen LogP contribution in [-0.4, -0.2) is 26.0 Å². The first-order valence-electron chi connectivity index (χ1n) is 8.90. The minimum atomic E-state index is -1.04. The summed E-state index contributed by atoms with van der Waals surface area (Å²) in [5.41, 5.74) is 3.83. The lowest BCUT2D eigenvalue weighted by Gasteiger charge is -2.05. The van der Waals surface area contributed by atoms with Gasteiger partial charge in [0.2, 0.25) is 5.88 Å². The van der Waals surface area contributed by atoms with Gasteiger partial charge in [0.25, 0.3) is 0 Å². The van der Waals surface area contributed by atoms with Crippen molar-refractivity contribution in [2.75, 3.05) is 0 Å². The van der Waals surface area contributed by atoms with Crippen molar-refractivity contribution in [3.8, 4) is 27.4 Å². The highest BCUT2D eigenvalue weighted by Gasteiger charge is 2.12. The van der Waals surface area contributed by atoms with Crippen LogP contribution < -0.4 is 4.74 Å². The molecule has 4 aromatic rings. The van der Waals surface area contributed by atoms with E-state index in [-0.39, 0.29) is 5.69 Å². The van der Waals surface area contributed by atoms with Crippen LogP contribution in [0.25, 0.3) is 21.6 Å². The second kappa shape index (κ2) is 8.20. The van der Waals surface area contributed by atoms with Crippen LogP contribution in [0.15, 0.2) is 67.0 Å². The Bertz CT molecular complexity index is 1140. The standard InChI is InChI=1S/C22H17N3O3S/c1-14-21(29-20(25-14)13-28-19-7-2-3-10-23-19)16-6-4-5-15(11-16)17-8-9-18(22(26)27)24-12-17/h2-12H,13H2,1H3,(H,26,27). The van der Waals surface area contributed by atoms with Crippen molar-refractivity contribution in [3.63, 3.8) is 0 Å². The van der Waals surface area contributed by atoms with Crippen LogP contribution in [0, 0.1) is 6.92 Å². The van der Waals surface area contributed by atoms with Gasteiger partial charge in [0.1, 0.15) is 17.3 Å². The van der Waals surface area contributed by atoms with E-state index >= 15 is 0 Å². The Morgan fingerprint density at radius 3 is 2.62 bits per heavy atom. The van der Waals surface area contributed by atoms with Crippen LogP contribution in [0.5, 0.6) is 5.88 Å². The summed E-state index contributed by atoms with van der Waals surface area (Å²) in [6.07, 6.45) is 3.27. The SMILES string of the molecule is Cc1nc(COc2ccccn2)sc1-c1cccc(-c2ccc(C(=O)O)nc2)c1. The quantitative estimate of drug-likeness (QED) is 0.495. The average Bonchev–Trinajstić information content (AvgIpc) is 3.14. The number of hydrogen-bond donors (Lipinski definition) is 1. The van der Waals surface area contributed by atoms with Crippen molar-refractivity contribution in [3.05, 3.63) is 83.4 Å². The molecule has 0 atom stereocenters. The number of ether oxygens (including phenoxy) is 1. The number of carbonyl (C=O) groups is 1. The molecule has 3 aromatic heterocycles. The Labute approximate surface area is 171 Å². The minimum absolute atomic E-state index is 0.0285. The number of hydrogen-bond acceptors (Lipinski definition) is 6. The molecule has 0 saturated heterocycles. The van der Waals surface area contributed by atoms with Crippen LogP contribution in [0.2, 0.25) is 0 Å². The average molecular weight is 403 g/mol. The van der Waals surface area contributed by atoms with Crippen LogP contribution in [0.3, 0.4) is 0 Å². The molecule has 29 heavy (non-hydrogen) atoms. The third-order valence-corrected chi connectivity index (χ3v) is 5.44. The molecule has 0 saturated carbocycles. The van der Waals surface area contributed by atoms with Crippen molar-refractivity contribution >= 4 is 17.3 Å². The fourth-order valence-electron chi connectivity index (χ4n) is 2.88. The maximum absolute atomic E-state index is 11.0. The molecule has 1 N–H and O–H groups in total. The van der Waals surface area contributed by atoms with E-state index in [1.54, 1.807) is 29.8 Å². The normalized spacial score (nSPS) is 10.7. The molecule has 0 spiro atoms. The predicted molar refractivity (Wildman–Crippen MR) is 111 cm³/mol. The predicted octanol–water partition coefficient (Wildman–Crippen LogP) is 4.85. The van der Waals surface area contributed by atoms with Gasteiger partial charge in [-0.2, -0.15) is 0 Å². The van der Waals surface area contributed by atoms with Gasteiger partial charge in [-0.05, 0) is 36.2 Å². The molecule has 0 unspecified atom stereocenters. The van der Waals surface area contributed by atoms with Gasteiger partial charge < -0.3 is 9.84 Å². The van der Waals surface area contributed by atoms with Gasteiger partial charge in [-0.3, -0.25) is 0 Å². The molecule has 0 radical (unpaired) electrons. The van der Waals surface area contributed by atoms with Gasteiger partial charge in [-0.25, -0.2) is 19.7 Å². The van der Waals surface area contributed by atoms with Gasteiger partial charge in [0, 0.05) is 24.0 Å². The molecule has 6 nitrogen and oxygen atoms in total. The van der Waals surface area contributed by atoms with Crippen molar-refractivity contribution in [2.45, 2.75) is 13.5 Å². The maximum Gasteiger partial charge on any atom is 0.354 e. The number of carboxylic acids is 1. The highest BCUT2D eigenvalue weighted by Crippen LogP contribution is 2.33. The van der Waals surface area contributed by atoms with E-state index in [1.165, 1.54) is 6.07 Å². The van der Waals surface area contributed by atoms with Crippen LogP contribution >= 0.6 is 11.3 Å². The zero-order valence-corrected chi connectivity index (χ0v) is 16.4. The second-order valence-electron chi connectivity index (χ2n) is 6.30. The molecule has 0 aliphatic carbocycles. The number of aromatic nitrogens is 3. The zero-order chi connectivity index (χ0) is 20.2. The molecule has 1 aromatic carbocycles. The molecule has 0 aliphatic heterocycles. The van der Waals surface area contributed by atoms with Crippen molar-refractivity contribution in [2.24, 2.45) is 0 Å². The molecular formula is C22H17N3O3S. The summed E-state index contributed by atoms with van der Waals surface area (Å²) < 4.78 is 5.70. The molecule has 144 valence electrons. The number of pyridine rings is 2. The Balaban J connectivity index is 1.56.